The van der Waals surface area contributed by atoms with Crippen molar-refractivity contribution >= 4 is 5.91 Å². The van der Waals surface area contributed by atoms with Crippen molar-refractivity contribution in [2.24, 2.45) is 11.7 Å². The average Bonchev–Trinajstić information content (AvgIpc) is 2.86. The van der Waals surface area contributed by atoms with Crippen LogP contribution in [0.5, 0.6) is 0 Å². The molecule has 2 nitrogen and oxygen atoms in total. The van der Waals surface area contributed by atoms with E-state index in [1.165, 1.54) is 44.9 Å². The van der Waals surface area contributed by atoms with Gasteiger partial charge in [0.15, 0.2) is 0 Å². The van der Waals surface area contributed by atoms with Crippen LogP contribution in [0.1, 0.15) is 57.8 Å². The Kier molecular flexibility index (Phi) is 4.87. The summed E-state index contributed by atoms with van der Waals surface area (Å²) in [4.78, 5) is 10.4. The van der Waals surface area contributed by atoms with Crippen molar-refractivity contribution in [2.75, 3.05) is 0 Å². The highest BCUT2D eigenvalue weighted by molar-refractivity contribution is 5.73. The van der Waals surface area contributed by atoms with E-state index in [0.717, 1.165) is 12.3 Å². The first-order valence-electron chi connectivity index (χ1n) is 5.57. The summed E-state index contributed by atoms with van der Waals surface area (Å²) in [5.41, 5.74) is 5.04. The van der Waals surface area contributed by atoms with Crippen LogP contribution in [-0.4, -0.2) is 5.91 Å². The van der Waals surface area contributed by atoms with E-state index < -0.39 is 0 Å². The predicted octanol–water partition coefficient (Wildman–Crippen LogP) is 2.61. The monoisotopic (exact) mass is 183 g/mol. The number of carbonyl (C=O) groups is 1. The molecule has 0 atom stereocenters. The lowest BCUT2D eigenvalue weighted by Crippen LogP contribution is -2.09. The second-order valence-electron chi connectivity index (χ2n) is 4.22. The maximum Gasteiger partial charge on any atom is 0.217 e. The Morgan fingerprint density at radius 3 is 2.31 bits per heavy atom. The van der Waals surface area contributed by atoms with Gasteiger partial charge in [-0.05, 0) is 12.3 Å². The molecule has 1 rings (SSSR count). The first-order chi connectivity index (χ1) is 6.29. The minimum atomic E-state index is -0.155. The molecule has 0 saturated heterocycles. The second-order valence-corrected chi connectivity index (χ2v) is 4.22. The van der Waals surface area contributed by atoms with E-state index in [-0.39, 0.29) is 5.91 Å². The molecule has 76 valence electrons. The summed E-state index contributed by atoms with van der Waals surface area (Å²) in [7, 11) is 0. The van der Waals surface area contributed by atoms with Gasteiger partial charge in [-0.2, -0.15) is 0 Å². The fraction of sp³-hybridized carbons (Fsp3) is 0.909. The van der Waals surface area contributed by atoms with Crippen LogP contribution in [0.3, 0.4) is 0 Å². The van der Waals surface area contributed by atoms with E-state index in [0.29, 0.717) is 6.42 Å². The summed E-state index contributed by atoms with van der Waals surface area (Å²) in [5, 5.41) is 0. The number of amides is 1. The first-order valence-corrected chi connectivity index (χ1v) is 5.57. The molecule has 1 aliphatic rings. The van der Waals surface area contributed by atoms with Crippen LogP contribution in [0.2, 0.25) is 0 Å². The molecule has 0 aromatic rings. The number of primary amides is 1. The number of carbonyl (C=O) groups excluding carboxylic acids is 1. The molecule has 1 aliphatic carbocycles. The summed E-state index contributed by atoms with van der Waals surface area (Å²) in [6.45, 7) is 0. The Labute approximate surface area is 80.9 Å². The van der Waals surface area contributed by atoms with Crippen LogP contribution in [0, 0.1) is 5.92 Å². The minimum Gasteiger partial charge on any atom is -0.370 e. The van der Waals surface area contributed by atoms with Crippen molar-refractivity contribution in [1.29, 1.82) is 0 Å². The zero-order valence-electron chi connectivity index (χ0n) is 8.43. The molecule has 2 N–H and O–H groups in total. The van der Waals surface area contributed by atoms with Gasteiger partial charge in [-0.15, -0.1) is 0 Å². The minimum absolute atomic E-state index is 0.155. The van der Waals surface area contributed by atoms with Gasteiger partial charge in [0.05, 0.1) is 0 Å². The third kappa shape index (κ3) is 6.62. The van der Waals surface area contributed by atoms with Crippen LogP contribution in [0.15, 0.2) is 0 Å². The van der Waals surface area contributed by atoms with Crippen molar-refractivity contribution in [2.45, 2.75) is 57.8 Å². The normalized spacial score (nSPS) is 16.0. The Hall–Kier alpha value is -0.530. The fourth-order valence-corrected chi connectivity index (χ4v) is 1.67. The van der Waals surface area contributed by atoms with E-state index in [1.807, 2.05) is 0 Å². The third-order valence-corrected chi connectivity index (χ3v) is 2.73. The summed E-state index contributed by atoms with van der Waals surface area (Å²) in [5.74, 6) is 0.920. The van der Waals surface area contributed by atoms with Gasteiger partial charge >= 0.3 is 0 Å². The van der Waals surface area contributed by atoms with E-state index in [1.54, 1.807) is 0 Å². The lowest BCUT2D eigenvalue weighted by atomic mass is 10.1. The molecule has 1 amide bonds. The summed E-state index contributed by atoms with van der Waals surface area (Å²) >= 11 is 0. The molecule has 1 fully saturated rings. The van der Waals surface area contributed by atoms with Crippen molar-refractivity contribution in [1.82, 2.24) is 0 Å². The SMILES string of the molecule is NC(=O)CCCCCCCC1CC1. The van der Waals surface area contributed by atoms with E-state index in [4.69, 9.17) is 5.73 Å². The number of hydrogen-bond donors (Lipinski definition) is 1. The van der Waals surface area contributed by atoms with Crippen LogP contribution in [0.4, 0.5) is 0 Å². The maximum absolute atomic E-state index is 10.4. The molecule has 0 heterocycles. The Bertz CT molecular complexity index is 152. The van der Waals surface area contributed by atoms with E-state index >= 15 is 0 Å². The van der Waals surface area contributed by atoms with Gasteiger partial charge < -0.3 is 5.73 Å². The molecular formula is C11H21NO. The third-order valence-electron chi connectivity index (χ3n) is 2.73. The molecular weight excluding hydrogens is 162 g/mol. The van der Waals surface area contributed by atoms with Crippen molar-refractivity contribution in [3.8, 4) is 0 Å². The largest absolute Gasteiger partial charge is 0.370 e. The highest BCUT2D eigenvalue weighted by Crippen LogP contribution is 2.34. The molecule has 0 aliphatic heterocycles. The van der Waals surface area contributed by atoms with Crippen molar-refractivity contribution < 1.29 is 4.79 Å². The molecule has 0 bridgehead atoms. The van der Waals surface area contributed by atoms with Crippen LogP contribution >= 0.6 is 0 Å². The Morgan fingerprint density at radius 2 is 1.69 bits per heavy atom. The summed E-state index contributed by atoms with van der Waals surface area (Å²) < 4.78 is 0. The van der Waals surface area contributed by atoms with Gasteiger partial charge in [0.25, 0.3) is 0 Å². The van der Waals surface area contributed by atoms with Crippen LogP contribution in [-0.2, 0) is 4.79 Å². The summed E-state index contributed by atoms with van der Waals surface area (Å²) in [6.07, 6.45) is 11.1. The Morgan fingerprint density at radius 1 is 1.08 bits per heavy atom. The second kappa shape index (κ2) is 6.01. The first kappa shape index (κ1) is 10.6. The molecule has 13 heavy (non-hydrogen) atoms. The number of hydrogen-bond acceptors (Lipinski definition) is 1. The lowest BCUT2D eigenvalue weighted by molar-refractivity contribution is -0.118. The lowest BCUT2D eigenvalue weighted by Gasteiger charge is -1.99. The number of unbranched alkanes of at least 4 members (excludes halogenated alkanes) is 4. The number of rotatable bonds is 8. The average molecular weight is 183 g/mol. The fourth-order valence-electron chi connectivity index (χ4n) is 1.67. The molecule has 0 radical (unpaired) electrons. The van der Waals surface area contributed by atoms with Gasteiger partial charge in [-0.25, -0.2) is 0 Å². The topological polar surface area (TPSA) is 43.1 Å². The molecule has 0 spiro atoms. The highest BCUT2D eigenvalue weighted by atomic mass is 16.1. The predicted molar refractivity (Wildman–Crippen MR) is 54.2 cm³/mol. The van der Waals surface area contributed by atoms with Gasteiger partial charge in [0.1, 0.15) is 0 Å². The molecule has 0 unspecified atom stereocenters. The Balaban J connectivity index is 1.70. The van der Waals surface area contributed by atoms with Gasteiger partial charge in [-0.1, -0.05) is 44.9 Å². The molecule has 0 aromatic carbocycles. The highest BCUT2D eigenvalue weighted by Gasteiger charge is 2.19. The quantitative estimate of drug-likeness (QED) is 0.577. The van der Waals surface area contributed by atoms with Crippen LogP contribution < -0.4 is 5.73 Å². The van der Waals surface area contributed by atoms with E-state index in [2.05, 4.69) is 0 Å². The molecule has 1 saturated carbocycles. The van der Waals surface area contributed by atoms with Crippen molar-refractivity contribution in [3.63, 3.8) is 0 Å². The molecule has 0 aromatic heterocycles. The standard InChI is InChI=1S/C11H21NO/c12-11(13)7-5-3-1-2-4-6-10-8-9-10/h10H,1-9H2,(H2,12,13). The van der Waals surface area contributed by atoms with Crippen molar-refractivity contribution in [3.05, 3.63) is 0 Å². The van der Waals surface area contributed by atoms with Gasteiger partial charge in [0.2, 0.25) is 5.91 Å². The summed E-state index contributed by atoms with van der Waals surface area (Å²) in [6, 6.07) is 0. The van der Waals surface area contributed by atoms with Crippen LogP contribution in [0.25, 0.3) is 0 Å². The molecule has 2 heteroatoms. The zero-order chi connectivity index (χ0) is 9.52. The smallest absolute Gasteiger partial charge is 0.217 e. The van der Waals surface area contributed by atoms with Gasteiger partial charge in [0, 0.05) is 6.42 Å². The van der Waals surface area contributed by atoms with E-state index in [9.17, 15) is 4.79 Å². The zero-order valence-corrected chi connectivity index (χ0v) is 8.43. The maximum atomic E-state index is 10.4. The number of nitrogens with two attached hydrogens (primary N) is 1. The van der Waals surface area contributed by atoms with Gasteiger partial charge in [-0.3, -0.25) is 4.79 Å².